The van der Waals surface area contributed by atoms with Crippen LogP contribution in [-0.4, -0.2) is 46.4 Å². The summed E-state index contributed by atoms with van der Waals surface area (Å²) in [5, 5.41) is 0. The molecule has 4 nitrogen and oxygen atoms in total. The second-order valence-electron chi connectivity index (χ2n) is 7.03. The molecule has 2 aliphatic rings. The van der Waals surface area contributed by atoms with Crippen molar-refractivity contribution in [3.63, 3.8) is 0 Å². The van der Waals surface area contributed by atoms with Crippen LogP contribution >= 0.6 is 0 Å². The molecule has 1 aromatic heterocycles. The minimum atomic E-state index is -4.39. The summed E-state index contributed by atoms with van der Waals surface area (Å²) in [7, 11) is 0. The van der Waals surface area contributed by atoms with Gasteiger partial charge in [-0.3, -0.25) is 14.7 Å². The zero-order valence-electron chi connectivity index (χ0n) is 14.4. The van der Waals surface area contributed by atoms with Crippen molar-refractivity contribution in [2.75, 3.05) is 19.6 Å². The van der Waals surface area contributed by atoms with Crippen LogP contribution in [0.15, 0.2) is 18.3 Å². The lowest BCUT2D eigenvalue weighted by Crippen LogP contribution is -2.55. The van der Waals surface area contributed by atoms with Gasteiger partial charge in [0.25, 0.3) is 0 Å². The zero-order valence-corrected chi connectivity index (χ0v) is 14.4. The highest BCUT2D eigenvalue weighted by Crippen LogP contribution is 2.32. The summed E-state index contributed by atoms with van der Waals surface area (Å²) in [6.07, 6.45) is 0.347. The number of hydrogen-bond donors (Lipinski definition) is 0. The average molecular weight is 355 g/mol. The molecule has 2 atom stereocenters. The molecule has 1 amide bonds. The van der Waals surface area contributed by atoms with E-state index in [2.05, 4.69) is 16.8 Å². The molecule has 0 bridgehead atoms. The molecule has 0 saturated carbocycles. The molecule has 0 aliphatic carbocycles. The summed E-state index contributed by atoms with van der Waals surface area (Å²) in [4.78, 5) is 20.0. The van der Waals surface area contributed by atoms with E-state index >= 15 is 0 Å². The third-order valence-corrected chi connectivity index (χ3v) is 5.21. The molecular formula is C18H24F3N3O. The molecule has 0 aromatic carbocycles. The van der Waals surface area contributed by atoms with Gasteiger partial charge in [-0.25, -0.2) is 0 Å². The van der Waals surface area contributed by atoms with E-state index in [0.717, 1.165) is 50.5 Å². The summed E-state index contributed by atoms with van der Waals surface area (Å²) < 4.78 is 37.8. The lowest BCUT2D eigenvalue weighted by Gasteiger charge is -2.47. The van der Waals surface area contributed by atoms with Crippen LogP contribution in [0.5, 0.6) is 0 Å². The summed E-state index contributed by atoms with van der Waals surface area (Å²) in [6.45, 7) is 5.26. The molecule has 0 N–H and O–H groups in total. The van der Waals surface area contributed by atoms with Gasteiger partial charge in [0.15, 0.2) is 0 Å². The summed E-state index contributed by atoms with van der Waals surface area (Å²) in [6, 6.07) is 2.88. The molecule has 1 aromatic rings. The van der Waals surface area contributed by atoms with Crippen molar-refractivity contribution < 1.29 is 18.0 Å². The Kier molecular flexibility index (Phi) is 5.32. The van der Waals surface area contributed by atoms with Gasteiger partial charge < -0.3 is 4.90 Å². The number of hydrogen-bond acceptors (Lipinski definition) is 3. The van der Waals surface area contributed by atoms with Gasteiger partial charge in [-0.1, -0.05) is 13.0 Å². The van der Waals surface area contributed by atoms with Crippen molar-refractivity contribution >= 4 is 5.91 Å². The first-order valence-electron chi connectivity index (χ1n) is 8.92. The van der Waals surface area contributed by atoms with Crippen LogP contribution in [0.4, 0.5) is 13.2 Å². The van der Waals surface area contributed by atoms with Crippen molar-refractivity contribution in [1.82, 2.24) is 14.8 Å². The van der Waals surface area contributed by atoms with Crippen molar-refractivity contribution in [3.8, 4) is 0 Å². The fourth-order valence-electron chi connectivity index (χ4n) is 4.05. The summed E-state index contributed by atoms with van der Waals surface area (Å²) in [5.74, 6) is 0.726. The van der Waals surface area contributed by atoms with Crippen molar-refractivity contribution in [1.29, 1.82) is 0 Å². The maximum atomic E-state index is 12.6. The number of nitrogens with zero attached hydrogens (tertiary/aromatic N) is 3. The predicted molar refractivity (Wildman–Crippen MR) is 87.6 cm³/mol. The Bertz CT molecular complexity index is 603. The van der Waals surface area contributed by atoms with Crippen molar-refractivity contribution in [3.05, 3.63) is 29.6 Å². The van der Waals surface area contributed by atoms with E-state index in [1.165, 1.54) is 12.3 Å². The average Bonchev–Trinajstić information content (AvgIpc) is 2.57. The van der Waals surface area contributed by atoms with Gasteiger partial charge in [-0.15, -0.1) is 0 Å². The van der Waals surface area contributed by atoms with Gasteiger partial charge in [0, 0.05) is 44.8 Å². The normalized spacial score (nSPS) is 25.1. The van der Waals surface area contributed by atoms with Crippen LogP contribution in [0, 0.1) is 5.92 Å². The van der Waals surface area contributed by atoms with Gasteiger partial charge in [-0.2, -0.15) is 13.2 Å². The van der Waals surface area contributed by atoms with Crippen LogP contribution in [0.25, 0.3) is 0 Å². The molecule has 7 heteroatoms. The molecule has 25 heavy (non-hydrogen) atoms. The SMILES string of the molecule is CCCN1C(=O)CC[C@H]2CN(Cc3ccc(C(F)(F)F)nc3)CC[C@H]21. The summed E-state index contributed by atoms with van der Waals surface area (Å²) >= 11 is 0. The topological polar surface area (TPSA) is 36.4 Å². The highest BCUT2D eigenvalue weighted by atomic mass is 19.4. The molecule has 138 valence electrons. The summed E-state index contributed by atoms with van der Waals surface area (Å²) in [5.41, 5.74) is -0.0558. The van der Waals surface area contributed by atoms with Gasteiger partial charge in [0.2, 0.25) is 5.91 Å². The maximum absolute atomic E-state index is 12.6. The van der Waals surface area contributed by atoms with Crippen molar-refractivity contribution in [2.24, 2.45) is 5.92 Å². The molecule has 2 aliphatic heterocycles. The Labute approximate surface area is 146 Å². The van der Waals surface area contributed by atoms with Crippen LogP contribution in [0.3, 0.4) is 0 Å². The Morgan fingerprint density at radius 3 is 2.72 bits per heavy atom. The van der Waals surface area contributed by atoms with E-state index < -0.39 is 11.9 Å². The smallest absolute Gasteiger partial charge is 0.339 e. The molecule has 2 saturated heterocycles. The highest BCUT2D eigenvalue weighted by molar-refractivity contribution is 5.77. The highest BCUT2D eigenvalue weighted by Gasteiger charge is 2.38. The Morgan fingerprint density at radius 1 is 1.28 bits per heavy atom. The number of piperidine rings is 2. The van der Waals surface area contributed by atoms with Gasteiger partial charge in [0.05, 0.1) is 0 Å². The number of amides is 1. The standard InChI is InChI=1S/C18H24F3N3O/c1-2-8-24-15-7-9-23(12-14(15)4-6-17(24)25)11-13-3-5-16(22-10-13)18(19,20)21/h3,5,10,14-15H,2,4,6-9,11-12H2,1H3/t14-,15+/m0/s1. The number of aromatic nitrogens is 1. The number of pyridine rings is 1. The lowest BCUT2D eigenvalue weighted by molar-refractivity contribution is -0.142. The van der Waals surface area contributed by atoms with Crippen LogP contribution in [0.2, 0.25) is 0 Å². The largest absolute Gasteiger partial charge is 0.433 e. The van der Waals surface area contributed by atoms with Crippen LogP contribution in [0.1, 0.15) is 43.9 Å². The van der Waals surface area contributed by atoms with E-state index in [-0.39, 0.29) is 5.91 Å². The molecular weight excluding hydrogens is 331 g/mol. The fourth-order valence-corrected chi connectivity index (χ4v) is 4.05. The molecule has 0 radical (unpaired) electrons. The first kappa shape index (κ1) is 18.2. The van der Waals surface area contributed by atoms with Gasteiger partial charge >= 0.3 is 6.18 Å². The molecule has 0 unspecified atom stereocenters. The number of halogens is 3. The third kappa shape index (κ3) is 4.14. The van der Waals surface area contributed by atoms with E-state index in [1.807, 2.05) is 4.90 Å². The van der Waals surface area contributed by atoms with E-state index in [9.17, 15) is 18.0 Å². The molecule has 0 spiro atoms. The van der Waals surface area contributed by atoms with E-state index in [0.29, 0.717) is 24.9 Å². The number of fused-ring (bicyclic) bond motifs is 1. The second kappa shape index (κ2) is 7.32. The van der Waals surface area contributed by atoms with Gasteiger partial charge in [-0.05, 0) is 36.8 Å². The molecule has 3 rings (SSSR count). The Hall–Kier alpha value is -1.63. The van der Waals surface area contributed by atoms with Gasteiger partial charge in [0.1, 0.15) is 5.69 Å². The molecule has 2 fully saturated rings. The Morgan fingerprint density at radius 2 is 2.08 bits per heavy atom. The number of rotatable bonds is 4. The predicted octanol–water partition coefficient (Wildman–Crippen LogP) is 3.32. The third-order valence-electron chi connectivity index (χ3n) is 5.21. The quantitative estimate of drug-likeness (QED) is 0.831. The van der Waals surface area contributed by atoms with Crippen LogP contribution < -0.4 is 0 Å². The Balaban J connectivity index is 1.60. The minimum Gasteiger partial charge on any atom is -0.339 e. The zero-order chi connectivity index (χ0) is 18.0. The van der Waals surface area contributed by atoms with E-state index in [4.69, 9.17) is 0 Å². The fraction of sp³-hybridized carbons (Fsp3) is 0.667. The van der Waals surface area contributed by atoms with E-state index in [1.54, 1.807) is 0 Å². The number of alkyl halides is 3. The first-order valence-corrected chi connectivity index (χ1v) is 8.92. The maximum Gasteiger partial charge on any atom is 0.433 e. The van der Waals surface area contributed by atoms with Crippen LogP contribution in [-0.2, 0) is 17.5 Å². The lowest BCUT2D eigenvalue weighted by atomic mass is 9.83. The monoisotopic (exact) mass is 355 g/mol. The second-order valence-corrected chi connectivity index (χ2v) is 7.03. The molecule has 3 heterocycles. The number of carbonyl (C=O) groups excluding carboxylic acids is 1. The first-order chi connectivity index (χ1) is 11.9. The minimum absolute atomic E-state index is 0.267. The number of likely N-dealkylation sites (tertiary alicyclic amines) is 2. The van der Waals surface area contributed by atoms with Crippen molar-refractivity contribution in [2.45, 2.75) is 51.4 Å². The number of carbonyl (C=O) groups is 1.